The second-order valence-electron chi connectivity index (χ2n) is 4.17. The molecular weight excluding hydrogens is 186 g/mol. The zero-order valence-corrected chi connectivity index (χ0v) is 10.3. The molecule has 0 aliphatic rings. The molecule has 1 unspecified atom stereocenters. The summed E-state index contributed by atoms with van der Waals surface area (Å²) in [5.41, 5.74) is 2.58. The van der Waals surface area contributed by atoms with E-state index in [1.807, 2.05) is 7.05 Å². The number of hydrogen-bond acceptors (Lipinski definition) is 2. The van der Waals surface area contributed by atoms with E-state index in [-0.39, 0.29) is 0 Å². The van der Waals surface area contributed by atoms with Gasteiger partial charge in [0.15, 0.2) is 0 Å². The first-order chi connectivity index (χ1) is 7.10. The molecule has 1 rings (SSSR count). The van der Waals surface area contributed by atoms with Gasteiger partial charge < -0.3 is 10.1 Å². The molecule has 0 amide bonds. The molecule has 0 saturated carbocycles. The lowest BCUT2D eigenvalue weighted by Gasteiger charge is -2.16. The van der Waals surface area contributed by atoms with Crippen molar-refractivity contribution in [3.8, 4) is 5.75 Å². The Morgan fingerprint density at radius 1 is 1.20 bits per heavy atom. The molecule has 15 heavy (non-hydrogen) atoms. The topological polar surface area (TPSA) is 21.3 Å². The third-order valence-corrected chi connectivity index (χ3v) is 2.81. The average molecular weight is 207 g/mol. The maximum absolute atomic E-state index is 5.35. The van der Waals surface area contributed by atoms with Gasteiger partial charge in [0.1, 0.15) is 5.75 Å². The first-order valence-corrected chi connectivity index (χ1v) is 5.45. The van der Waals surface area contributed by atoms with E-state index in [4.69, 9.17) is 4.74 Å². The van der Waals surface area contributed by atoms with E-state index in [9.17, 15) is 0 Å². The van der Waals surface area contributed by atoms with E-state index in [1.54, 1.807) is 7.11 Å². The lowest BCUT2D eigenvalue weighted by Crippen LogP contribution is -2.12. The van der Waals surface area contributed by atoms with Crippen LogP contribution in [0.5, 0.6) is 5.75 Å². The van der Waals surface area contributed by atoms with Gasteiger partial charge in [0.25, 0.3) is 0 Å². The Morgan fingerprint density at radius 3 is 2.33 bits per heavy atom. The molecule has 0 aromatic heterocycles. The fourth-order valence-electron chi connectivity index (χ4n) is 1.64. The van der Waals surface area contributed by atoms with Crippen molar-refractivity contribution >= 4 is 0 Å². The van der Waals surface area contributed by atoms with Crippen LogP contribution < -0.4 is 10.1 Å². The van der Waals surface area contributed by atoms with Gasteiger partial charge in [0.05, 0.1) is 7.11 Å². The number of nitrogens with one attached hydrogen (secondary N) is 1. The molecular formula is C13H21NO. The molecule has 2 heteroatoms. The first kappa shape index (κ1) is 12.1. The van der Waals surface area contributed by atoms with Crippen LogP contribution in [0.1, 0.15) is 43.9 Å². The molecule has 0 aliphatic carbocycles. The van der Waals surface area contributed by atoms with Gasteiger partial charge in [-0.25, -0.2) is 0 Å². The molecule has 0 saturated heterocycles. The third kappa shape index (κ3) is 2.72. The monoisotopic (exact) mass is 207 g/mol. The molecule has 84 valence electrons. The minimum absolute atomic E-state index is 0.383. The van der Waals surface area contributed by atoms with Crippen molar-refractivity contribution in [1.29, 1.82) is 0 Å². The smallest absolute Gasteiger partial charge is 0.122 e. The molecule has 1 N–H and O–H groups in total. The van der Waals surface area contributed by atoms with E-state index in [2.05, 4.69) is 44.3 Å². The van der Waals surface area contributed by atoms with Crippen molar-refractivity contribution in [1.82, 2.24) is 5.32 Å². The number of rotatable bonds is 4. The molecule has 0 fully saturated rings. The molecule has 1 aromatic rings. The number of hydrogen-bond donors (Lipinski definition) is 1. The molecule has 0 spiro atoms. The van der Waals surface area contributed by atoms with Gasteiger partial charge in [-0.15, -0.1) is 0 Å². The number of ether oxygens (including phenoxy) is 1. The van der Waals surface area contributed by atoms with Crippen molar-refractivity contribution < 1.29 is 4.74 Å². The largest absolute Gasteiger partial charge is 0.496 e. The molecule has 0 bridgehead atoms. The summed E-state index contributed by atoms with van der Waals surface area (Å²) in [4.78, 5) is 0. The first-order valence-electron chi connectivity index (χ1n) is 5.45. The quantitative estimate of drug-likeness (QED) is 0.819. The van der Waals surface area contributed by atoms with Gasteiger partial charge in [-0.3, -0.25) is 0 Å². The fourth-order valence-corrected chi connectivity index (χ4v) is 1.64. The Balaban J connectivity index is 3.10. The second kappa shape index (κ2) is 5.17. The highest BCUT2D eigenvalue weighted by Gasteiger charge is 2.10. The predicted molar refractivity (Wildman–Crippen MR) is 64.6 cm³/mol. The van der Waals surface area contributed by atoms with Crippen molar-refractivity contribution in [2.75, 3.05) is 14.2 Å². The van der Waals surface area contributed by atoms with Crippen molar-refractivity contribution in [2.45, 2.75) is 32.7 Å². The predicted octanol–water partition coefficient (Wildman–Crippen LogP) is 3.10. The van der Waals surface area contributed by atoms with Crippen LogP contribution in [0.25, 0.3) is 0 Å². The SMILES string of the molecule is CNC(C)c1ccc(OC)c(C(C)C)c1. The third-order valence-electron chi connectivity index (χ3n) is 2.81. The molecule has 0 heterocycles. The molecule has 1 aromatic carbocycles. The van der Waals surface area contributed by atoms with E-state index >= 15 is 0 Å². The summed E-state index contributed by atoms with van der Waals surface area (Å²) in [6.45, 7) is 6.53. The molecule has 0 aliphatic heterocycles. The molecule has 0 radical (unpaired) electrons. The van der Waals surface area contributed by atoms with Crippen LogP contribution in [0, 0.1) is 0 Å². The highest BCUT2D eigenvalue weighted by atomic mass is 16.5. The number of methoxy groups -OCH3 is 1. The van der Waals surface area contributed by atoms with Gasteiger partial charge in [-0.1, -0.05) is 26.0 Å². The summed E-state index contributed by atoms with van der Waals surface area (Å²) in [5.74, 6) is 1.47. The van der Waals surface area contributed by atoms with Crippen molar-refractivity contribution in [3.05, 3.63) is 29.3 Å². The zero-order chi connectivity index (χ0) is 11.4. The summed E-state index contributed by atoms with van der Waals surface area (Å²) in [6.07, 6.45) is 0. The van der Waals surface area contributed by atoms with E-state index in [0.717, 1.165) is 5.75 Å². The lowest BCUT2D eigenvalue weighted by molar-refractivity contribution is 0.407. The second-order valence-corrected chi connectivity index (χ2v) is 4.17. The van der Waals surface area contributed by atoms with Crippen LogP contribution >= 0.6 is 0 Å². The van der Waals surface area contributed by atoms with Gasteiger partial charge in [-0.05, 0) is 37.1 Å². The van der Waals surface area contributed by atoms with Crippen LogP contribution in [0.2, 0.25) is 0 Å². The fraction of sp³-hybridized carbons (Fsp3) is 0.538. The van der Waals surface area contributed by atoms with E-state index in [0.29, 0.717) is 12.0 Å². The highest BCUT2D eigenvalue weighted by molar-refractivity contribution is 5.40. The van der Waals surface area contributed by atoms with Gasteiger partial charge in [0.2, 0.25) is 0 Å². The highest BCUT2D eigenvalue weighted by Crippen LogP contribution is 2.29. The standard InChI is InChI=1S/C13H21NO/c1-9(2)12-8-11(10(3)14-4)6-7-13(12)15-5/h6-10,14H,1-5H3. The number of benzene rings is 1. The van der Waals surface area contributed by atoms with Crippen molar-refractivity contribution in [3.63, 3.8) is 0 Å². The van der Waals surface area contributed by atoms with Crippen LogP contribution in [-0.2, 0) is 0 Å². The minimum atomic E-state index is 0.383. The minimum Gasteiger partial charge on any atom is -0.496 e. The average Bonchev–Trinajstić information content (AvgIpc) is 2.27. The van der Waals surface area contributed by atoms with Crippen LogP contribution in [0.15, 0.2) is 18.2 Å². The van der Waals surface area contributed by atoms with E-state index < -0.39 is 0 Å². The summed E-state index contributed by atoms with van der Waals surface area (Å²) >= 11 is 0. The summed E-state index contributed by atoms with van der Waals surface area (Å²) in [5, 5.41) is 3.24. The molecule has 2 nitrogen and oxygen atoms in total. The van der Waals surface area contributed by atoms with Crippen molar-refractivity contribution in [2.24, 2.45) is 0 Å². The Morgan fingerprint density at radius 2 is 1.87 bits per heavy atom. The van der Waals surface area contributed by atoms with Crippen LogP contribution in [0.4, 0.5) is 0 Å². The van der Waals surface area contributed by atoms with Crippen LogP contribution in [-0.4, -0.2) is 14.2 Å². The maximum atomic E-state index is 5.35. The Bertz CT molecular complexity index is 320. The Kier molecular flexibility index (Phi) is 4.15. The summed E-state index contributed by atoms with van der Waals surface area (Å²) in [7, 11) is 3.70. The molecule has 1 atom stereocenters. The normalized spacial score (nSPS) is 12.9. The lowest BCUT2D eigenvalue weighted by atomic mass is 9.97. The summed E-state index contributed by atoms with van der Waals surface area (Å²) in [6, 6.07) is 6.78. The van der Waals surface area contributed by atoms with E-state index in [1.165, 1.54) is 11.1 Å². The van der Waals surface area contributed by atoms with Gasteiger partial charge in [-0.2, -0.15) is 0 Å². The maximum Gasteiger partial charge on any atom is 0.122 e. The van der Waals surface area contributed by atoms with Gasteiger partial charge in [0, 0.05) is 6.04 Å². The zero-order valence-electron chi connectivity index (χ0n) is 10.3. The Labute approximate surface area is 92.6 Å². The van der Waals surface area contributed by atoms with Gasteiger partial charge >= 0.3 is 0 Å². The van der Waals surface area contributed by atoms with Crippen LogP contribution in [0.3, 0.4) is 0 Å². The Hall–Kier alpha value is -1.02. The summed E-state index contributed by atoms with van der Waals surface area (Å²) < 4.78 is 5.35.